The number of amides is 1. The monoisotopic (exact) mass is 369 g/mol. The highest BCUT2D eigenvalue weighted by Crippen LogP contribution is 2.16. The number of aliphatic imine (C=N–C) groups is 1. The topological polar surface area (TPSA) is 78.4 Å². The molecule has 2 fully saturated rings. The van der Waals surface area contributed by atoms with Crippen molar-refractivity contribution in [1.29, 1.82) is 0 Å². The van der Waals surface area contributed by atoms with Gasteiger partial charge in [0.25, 0.3) is 0 Å². The first-order valence-corrected chi connectivity index (χ1v) is 9.79. The Labute approximate surface area is 157 Å². The van der Waals surface area contributed by atoms with Gasteiger partial charge in [-0.2, -0.15) is 0 Å². The van der Waals surface area contributed by atoms with Crippen LogP contribution in [0.2, 0.25) is 0 Å². The van der Waals surface area contributed by atoms with Crippen LogP contribution in [-0.4, -0.2) is 94.0 Å². The van der Waals surface area contributed by atoms with Gasteiger partial charge in [-0.3, -0.25) is 9.89 Å². The van der Waals surface area contributed by atoms with Crippen molar-refractivity contribution >= 4 is 12.1 Å². The van der Waals surface area contributed by atoms with E-state index in [0.717, 1.165) is 58.1 Å². The van der Waals surface area contributed by atoms with Crippen molar-refractivity contribution in [2.75, 3.05) is 60.1 Å². The first kappa shape index (κ1) is 20.8. The Hall–Kier alpha value is -1.54. The standard InChI is InChI=1S/C18H35N5O3/c1-4-26-18(24)23-10-7-15(8-11-23)21-17(19-2)20-14-16-6-5-9-22(16)12-13-25-3/h15-16H,4-14H2,1-3H3,(H2,19,20,21). The molecule has 150 valence electrons. The smallest absolute Gasteiger partial charge is 0.409 e. The number of carbonyl (C=O) groups excluding carboxylic acids is 1. The van der Waals surface area contributed by atoms with E-state index < -0.39 is 0 Å². The Balaban J connectivity index is 1.70. The van der Waals surface area contributed by atoms with E-state index in [0.29, 0.717) is 18.7 Å². The van der Waals surface area contributed by atoms with Crippen molar-refractivity contribution in [3.8, 4) is 0 Å². The third-order valence-electron chi connectivity index (χ3n) is 5.17. The summed E-state index contributed by atoms with van der Waals surface area (Å²) in [5, 5.41) is 6.97. The molecule has 26 heavy (non-hydrogen) atoms. The van der Waals surface area contributed by atoms with Gasteiger partial charge in [-0.05, 0) is 39.2 Å². The zero-order valence-electron chi connectivity index (χ0n) is 16.5. The summed E-state index contributed by atoms with van der Waals surface area (Å²) >= 11 is 0. The van der Waals surface area contributed by atoms with E-state index in [1.807, 2.05) is 6.92 Å². The molecule has 1 unspecified atom stereocenters. The highest BCUT2D eigenvalue weighted by atomic mass is 16.6. The number of nitrogens with one attached hydrogen (secondary N) is 2. The van der Waals surface area contributed by atoms with Gasteiger partial charge in [0.05, 0.1) is 13.2 Å². The molecule has 2 saturated heterocycles. The predicted molar refractivity (Wildman–Crippen MR) is 103 cm³/mol. The molecule has 0 bridgehead atoms. The first-order valence-electron chi connectivity index (χ1n) is 9.79. The number of guanidine groups is 1. The van der Waals surface area contributed by atoms with Gasteiger partial charge in [0.15, 0.2) is 5.96 Å². The Kier molecular flexibility index (Phi) is 8.97. The molecule has 0 aromatic heterocycles. The van der Waals surface area contributed by atoms with Gasteiger partial charge in [-0.25, -0.2) is 4.79 Å². The Morgan fingerprint density at radius 1 is 1.23 bits per heavy atom. The van der Waals surface area contributed by atoms with Gasteiger partial charge < -0.3 is 25.0 Å². The molecule has 8 heteroatoms. The lowest BCUT2D eigenvalue weighted by molar-refractivity contribution is 0.0963. The highest BCUT2D eigenvalue weighted by molar-refractivity contribution is 5.80. The summed E-state index contributed by atoms with van der Waals surface area (Å²) in [4.78, 5) is 20.4. The van der Waals surface area contributed by atoms with Gasteiger partial charge in [0.1, 0.15) is 0 Å². The van der Waals surface area contributed by atoms with E-state index >= 15 is 0 Å². The summed E-state index contributed by atoms with van der Waals surface area (Å²) in [6, 6.07) is 0.870. The lowest BCUT2D eigenvalue weighted by Gasteiger charge is -2.32. The molecule has 2 aliphatic rings. The largest absolute Gasteiger partial charge is 0.450 e. The summed E-state index contributed by atoms with van der Waals surface area (Å²) in [6.45, 7) is 7.52. The molecule has 1 atom stereocenters. The molecular weight excluding hydrogens is 334 g/mol. The zero-order chi connectivity index (χ0) is 18.8. The third kappa shape index (κ3) is 6.32. The second-order valence-electron chi connectivity index (χ2n) is 6.88. The SMILES string of the molecule is CCOC(=O)N1CCC(NC(=NC)NCC2CCCN2CCOC)CC1. The van der Waals surface area contributed by atoms with Crippen molar-refractivity contribution in [2.24, 2.45) is 4.99 Å². The molecular formula is C18H35N5O3. The van der Waals surface area contributed by atoms with Crippen LogP contribution in [0.3, 0.4) is 0 Å². The molecule has 8 nitrogen and oxygen atoms in total. The number of hydrogen-bond acceptors (Lipinski definition) is 5. The summed E-state index contributed by atoms with van der Waals surface area (Å²) < 4.78 is 10.3. The van der Waals surface area contributed by atoms with Crippen molar-refractivity contribution in [3.05, 3.63) is 0 Å². The number of nitrogens with zero attached hydrogens (tertiary/aromatic N) is 3. The van der Waals surface area contributed by atoms with Crippen LogP contribution in [0.25, 0.3) is 0 Å². The summed E-state index contributed by atoms with van der Waals surface area (Å²) in [5.41, 5.74) is 0. The second kappa shape index (κ2) is 11.2. The molecule has 1 amide bonds. The molecule has 2 aliphatic heterocycles. The predicted octanol–water partition coefficient (Wildman–Crippen LogP) is 0.883. The lowest BCUT2D eigenvalue weighted by Crippen LogP contribution is -2.51. The quantitative estimate of drug-likeness (QED) is 0.512. The molecule has 0 aliphatic carbocycles. The number of ether oxygens (including phenoxy) is 2. The molecule has 0 saturated carbocycles. The van der Waals surface area contributed by atoms with Crippen LogP contribution in [0.5, 0.6) is 0 Å². The van der Waals surface area contributed by atoms with E-state index in [1.54, 1.807) is 19.1 Å². The van der Waals surface area contributed by atoms with Gasteiger partial charge in [-0.1, -0.05) is 0 Å². The molecule has 2 N–H and O–H groups in total. The van der Waals surface area contributed by atoms with Crippen LogP contribution in [0, 0.1) is 0 Å². The minimum atomic E-state index is -0.203. The second-order valence-corrected chi connectivity index (χ2v) is 6.88. The molecule has 2 heterocycles. The Bertz CT molecular complexity index is 452. The maximum absolute atomic E-state index is 11.8. The number of rotatable bonds is 7. The highest BCUT2D eigenvalue weighted by Gasteiger charge is 2.26. The van der Waals surface area contributed by atoms with E-state index in [2.05, 4.69) is 20.5 Å². The minimum absolute atomic E-state index is 0.203. The third-order valence-corrected chi connectivity index (χ3v) is 5.17. The van der Waals surface area contributed by atoms with Crippen LogP contribution >= 0.6 is 0 Å². The van der Waals surface area contributed by atoms with Gasteiger partial charge in [0.2, 0.25) is 0 Å². The Morgan fingerprint density at radius 3 is 2.65 bits per heavy atom. The fraction of sp³-hybridized carbons (Fsp3) is 0.889. The zero-order valence-corrected chi connectivity index (χ0v) is 16.5. The lowest BCUT2D eigenvalue weighted by atomic mass is 10.1. The first-order chi connectivity index (χ1) is 12.7. The fourth-order valence-corrected chi connectivity index (χ4v) is 3.65. The van der Waals surface area contributed by atoms with Crippen molar-refractivity contribution in [1.82, 2.24) is 20.4 Å². The van der Waals surface area contributed by atoms with Crippen LogP contribution in [0.15, 0.2) is 4.99 Å². The van der Waals surface area contributed by atoms with Gasteiger partial charge >= 0.3 is 6.09 Å². The molecule has 0 radical (unpaired) electrons. The average molecular weight is 370 g/mol. The number of likely N-dealkylation sites (tertiary alicyclic amines) is 2. The normalized spacial score (nSPS) is 22.5. The van der Waals surface area contributed by atoms with Crippen LogP contribution in [0.1, 0.15) is 32.6 Å². The molecule has 0 spiro atoms. The van der Waals surface area contributed by atoms with Crippen molar-refractivity contribution < 1.29 is 14.3 Å². The Morgan fingerprint density at radius 2 is 2.00 bits per heavy atom. The molecule has 0 aromatic carbocycles. The van der Waals surface area contributed by atoms with Gasteiger partial charge in [-0.15, -0.1) is 0 Å². The van der Waals surface area contributed by atoms with E-state index in [4.69, 9.17) is 9.47 Å². The van der Waals surface area contributed by atoms with Crippen LogP contribution in [0.4, 0.5) is 4.79 Å². The van der Waals surface area contributed by atoms with Crippen LogP contribution < -0.4 is 10.6 Å². The number of methoxy groups -OCH3 is 1. The van der Waals surface area contributed by atoms with Crippen molar-refractivity contribution in [2.45, 2.75) is 44.7 Å². The van der Waals surface area contributed by atoms with E-state index in [1.165, 1.54) is 12.8 Å². The van der Waals surface area contributed by atoms with E-state index in [-0.39, 0.29) is 6.09 Å². The van der Waals surface area contributed by atoms with Crippen LogP contribution in [-0.2, 0) is 9.47 Å². The molecule has 0 aromatic rings. The number of piperidine rings is 1. The minimum Gasteiger partial charge on any atom is -0.450 e. The maximum Gasteiger partial charge on any atom is 0.409 e. The van der Waals surface area contributed by atoms with Crippen molar-refractivity contribution in [3.63, 3.8) is 0 Å². The average Bonchev–Trinajstić information content (AvgIpc) is 3.11. The summed E-state index contributed by atoms with van der Waals surface area (Å²) in [7, 11) is 3.56. The van der Waals surface area contributed by atoms with Gasteiger partial charge in [0, 0.05) is 52.4 Å². The van der Waals surface area contributed by atoms with E-state index in [9.17, 15) is 4.79 Å². The number of carbonyl (C=O) groups is 1. The maximum atomic E-state index is 11.8. The fourth-order valence-electron chi connectivity index (χ4n) is 3.65. The summed E-state index contributed by atoms with van der Waals surface area (Å²) in [6.07, 6.45) is 4.07. The molecule has 2 rings (SSSR count). The summed E-state index contributed by atoms with van der Waals surface area (Å²) in [5.74, 6) is 0.846. The number of hydrogen-bond donors (Lipinski definition) is 2.